The molecule has 1 aromatic carbocycles. The number of anilines is 2. The van der Waals surface area contributed by atoms with Crippen LogP contribution in [0.5, 0.6) is 0 Å². The molecule has 0 atom stereocenters. The molecule has 3 aromatic rings. The Balaban J connectivity index is 1.42. The second-order valence-corrected chi connectivity index (χ2v) is 8.12. The van der Waals surface area contributed by atoms with E-state index < -0.39 is 0 Å². The van der Waals surface area contributed by atoms with Crippen molar-refractivity contribution < 1.29 is 4.79 Å². The summed E-state index contributed by atoms with van der Waals surface area (Å²) in [6.07, 6.45) is 1.53. The maximum absolute atomic E-state index is 12.5. The lowest BCUT2D eigenvalue weighted by molar-refractivity contribution is -0.120. The van der Waals surface area contributed by atoms with Gasteiger partial charge in [0.15, 0.2) is 0 Å². The Morgan fingerprint density at radius 3 is 2.54 bits per heavy atom. The molecule has 0 spiro atoms. The van der Waals surface area contributed by atoms with Crippen LogP contribution in [0.15, 0.2) is 36.4 Å². The van der Waals surface area contributed by atoms with Gasteiger partial charge in [-0.05, 0) is 32.8 Å². The normalized spacial score (nSPS) is 14.9. The summed E-state index contributed by atoms with van der Waals surface area (Å²) < 4.78 is 0. The molecular formula is C20H22N6OS. The van der Waals surface area contributed by atoms with E-state index in [9.17, 15) is 4.79 Å². The number of hydrogen-bond donors (Lipinski definition) is 1. The van der Waals surface area contributed by atoms with Gasteiger partial charge < -0.3 is 10.2 Å². The molecule has 0 saturated carbocycles. The summed E-state index contributed by atoms with van der Waals surface area (Å²) in [6.45, 7) is 5.37. The average molecular weight is 395 g/mol. The van der Waals surface area contributed by atoms with Crippen LogP contribution in [-0.2, 0) is 4.79 Å². The number of nitrogens with zero attached hydrogens (tertiary/aromatic N) is 5. The first-order chi connectivity index (χ1) is 13.6. The standard InChI is InChI=1S/C20H22N6OS/c1-13-12-17(15-6-4-3-5-7-15)22-19(21-13)26-10-8-16(9-11-26)18(27)23-20-25-24-14(2)28-20/h3-7,12,16H,8-11H2,1-2H3,(H,23,25,27). The number of carbonyl (C=O) groups is 1. The molecule has 1 saturated heterocycles. The van der Waals surface area contributed by atoms with Crippen molar-refractivity contribution in [2.75, 3.05) is 23.3 Å². The number of amides is 1. The fourth-order valence-electron chi connectivity index (χ4n) is 3.35. The molecule has 8 heteroatoms. The summed E-state index contributed by atoms with van der Waals surface area (Å²) in [4.78, 5) is 24.0. The fraction of sp³-hybridized carbons (Fsp3) is 0.350. The van der Waals surface area contributed by atoms with Gasteiger partial charge in [-0.1, -0.05) is 41.7 Å². The van der Waals surface area contributed by atoms with Crippen molar-refractivity contribution in [3.63, 3.8) is 0 Å². The first kappa shape index (κ1) is 18.5. The summed E-state index contributed by atoms with van der Waals surface area (Å²) in [5.41, 5.74) is 2.95. The third-order valence-electron chi connectivity index (χ3n) is 4.82. The van der Waals surface area contributed by atoms with Gasteiger partial charge in [-0.15, -0.1) is 10.2 Å². The van der Waals surface area contributed by atoms with Crippen molar-refractivity contribution >= 4 is 28.3 Å². The summed E-state index contributed by atoms with van der Waals surface area (Å²) in [7, 11) is 0. The SMILES string of the molecule is Cc1cc(-c2ccccc2)nc(N2CCC(C(=O)Nc3nnc(C)s3)CC2)n1. The van der Waals surface area contributed by atoms with E-state index in [2.05, 4.69) is 37.5 Å². The van der Waals surface area contributed by atoms with Gasteiger partial charge in [0, 0.05) is 30.3 Å². The van der Waals surface area contributed by atoms with Crippen LogP contribution >= 0.6 is 11.3 Å². The van der Waals surface area contributed by atoms with E-state index in [1.165, 1.54) is 11.3 Å². The zero-order chi connectivity index (χ0) is 19.5. The lowest BCUT2D eigenvalue weighted by Crippen LogP contribution is -2.39. The van der Waals surface area contributed by atoms with Gasteiger partial charge in [-0.25, -0.2) is 9.97 Å². The van der Waals surface area contributed by atoms with E-state index in [1.807, 2.05) is 38.1 Å². The quantitative estimate of drug-likeness (QED) is 0.729. The van der Waals surface area contributed by atoms with Gasteiger partial charge in [0.05, 0.1) is 5.69 Å². The summed E-state index contributed by atoms with van der Waals surface area (Å²) in [5, 5.41) is 12.2. The van der Waals surface area contributed by atoms with E-state index in [-0.39, 0.29) is 11.8 Å². The van der Waals surface area contributed by atoms with Gasteiger partial charge in [0.25, 0.3) is 0 Å². The van der Waals surface area contributed by atoms with Crippen LogP contribution in [-0.4, -0.2) is 39.2 Å². The molecule has 4 rings (SSSR count). The highest BCUT2D eigenvalue weighted by molar-refractivity contribution is 7.15. The Morgan fingerprint density at radius 2 is 1.86 bits per heavy atom. The van der Waals surface area contributed by atoms with Crippen LogP contribution < -0.4 is 10.2 Å². The van der Waals surface area contributed by atoms with Gasteiger partial charge in [0.2, 0.25) is 17.0 Å². The van der Waals surface area contributed by atoms with Crippen molar-refractivity contribution in [2.24, 2.45) is 5.92 Å². The maximum Gasteiger partial charge on any atom is 0.229 e. The average Bonchev–Trinajstić information content (AvgIpc) is 3.13. The van der Waals surface area contributed by atoms with E-state index in [0.29, 0.717) is 5.13 Å². The zero-order valence-electron chi connectivity index (χ0n) is 15.9. The minimum atomic E-state index is -0.0288. The Morgan fingerprint density at radius 1 is 1.11 bits per heavy atom. The molecule has 0 radical (unpaired) electrons. The van der Waals surface area contributed by atoms with Gasteiger partial charge in [-0.2, -0.15) is 0 Å². The predicted molar refractivity (Wildman–Crippen MR) is 110 cm³/mol. The number of aromatic nitrogens is 4. The zero-order valence-corrected chi connectivity index (χ0v) is 16.7. The molecule has 3 heterocycles. The van der Waals surface area contributed by atoms with E-state index in [1.54, 1.807) is 0 Å². The van der Waals surface area contributed by atoms with E-state index >= 15 is 0 Å². The van der Waals surface area contributed by atoms with Crippen LogP contribution in [0.1, 0.15) is 23.5 Å². The predicted octanol–water partition coefficient (Wildman–Crippen LogP) is 3.47. The Bertz CT molecular complexity index is 966. The van der Waals surface area contributed by atoms with Crippen LogP contribution in [0.3, 0.4) is 0 Å². The molecule has 1 aliphatic heterocycles. The highest BCUT2D eigenvalue weighted by atomic mass is 32.1. The molecule has 7 nitrogen and oxygen atoms in total. The minimum Gasteiger partial charge on any atom is -0.341 e. The van der Waals surface area contributed by atoms with Crippen molar-refractivity contribution in [1.29, 1.82) is 0 Å². The van der Waals surface area contributed by atoms with Crippen molar-refractivity contribution in [3.05, 3.63) is 47.1 Å². The number of nitrogens with one attached hydrogen (secondary N) is 1. The van der Waals surface area contributed by atoms with Crippen LogP contribution in [0.25, 0.3) is 11.3 Å². The van der Waals surface area contributed by atoms with E-state index in [0.717, 1.165) is 53.8 Å². The topological polar surface area (TPSA) is 83.9 Å². The largest absolute Gasteiger partial charge is 0.341 e. The molecule has 1 N–H and O–H groups in total. The first-order valence-electron chi connectivity index (χ1n) is 9.35. The molecule has 144 valence electrons. The molecule has 1 amide bonds. The molecule has 1 fully saturated rings. The van der Waals surface area contributed by atoms with Crippen molar-refractivity contribution in [2.45, 2.75) is 26.7 Å². The van der Waals surface area contributed by atoms with E-state index in [4.69, 9.17) is 4.98 Å². The van der Waals surface area contributed by atoms with Crippen molar-refractivity contribution in [1.82, 2.24) is 20.2 Å². The number of rotatable bonds is 4. The van der Waals surface area contributed by atoms with Crippen LogP contribution in [0.4, 0.5) is 11.1 Å². The lowest BCUT2D eigenvalue weighted by Gasteiger charge is -2.31. The third-order valence-corrected chi connectivity index (χ3v) is 5.57. The number of piperidine rings is 1. The number of benzene rings is 1. The summed E-state index contributed by atoms with van der Waals surface area (Å²) >= 11 is 1.39. The van der Waals surface area contributed by atoms with Gasteiger partial charge >= 0.3 is 0 Å². The number of carbonyl (C=O) groups excluding carboxylic acids is 1. The van der Waals surface area contributed by atoms with Crippen LogP contribution in [0.2, 0.25) is 0 Å². The Kier molecular flexibility index (Phi) is 5.29. The second kappa shape index (κ2) is 8.02. The van der Waals surface area contributed by atoms with Crippen LogP contribution in [0, 0.1) is 19.8 Å². The molecule has 0 aliphatic carbocycles. The summed E-state index contributed by atoms with van der Waals surface area (Å²) in [6, 6.07) is 12.1. The fourth-order valence-corrected chi connectivity index (χ4v) is 3.94. The minimum absolute atomic E-state index is 0.0194. The number of aryl methyl sites for hydroxylation is 2. The molecular weight excluding hydrogens is 372 g/mol. The highest BCUT2D eigenvalue weighted by Gasteiger charge is 2.27. The molecule has 0 unspecified atom stereocenters. The first-order valence-corrected chi connectivity index (χ1v) is 10.2. The smallest absolute Gasteiger partial charge is 0.229 e. The van der Waals surface area contributed by atoms with Gasteiger partial charge in [0.1, 0.15) is 5.01 Å². The molecule has 1 aliphatic rings. The second-order valence-electron chi connectivity index (χ2n) is 6.94. The summed E-state index contributed by atoms with van der Waals surface area (Å²) in [5.74, 6) is 0.724. The number of hydrogen-bond acceptors (Lipinski definition) is 7. The molecule has 28 heavy (non-hydrogen) atoms. The maximum atomic E-state index is 12.5. The van der Waals surface area contributed by atoms with Crippen molar-refractivity contribution in [3.8, 4) is 11.3 Å². The Labute approximate surface area is 167 Å². The Hall–Kier alpha value is -2.87. The van der Waals surface area contributed by atoms with Gasteiger partial charge in [-0.3, -0.25) is 4.79 Å². The lowest BCUT2D eigenvalue weighted by atomic mass is 9.96. The highest BCUT2D eigenvalue weighted by Crippen LogP contribution is 2.25. The molecule has 2 aromatic heterocycles. The third kappa shape index (κ3) is 4.17. The monoisotopic (exact) mass is 394 g/mol. The molecule has 0 bridgehead atoms.